The first-order valence-electron chi connectivity index (χ1n) is 5.91. The number of aryl methyl sites for hydroxylation is 1. The molecule has 0 amide bonds. The van der Waals surface area contributed by atoms with Crippen molar-refractivity contribution in [1.82, 2.24) is 9.78 Å². The van der Waals surface area contributed by atoms with Crippen LogP contribution in [0.1, 0.15) is 18.5 Å². The van der Waals surface area contributed by atoms with Crippen molar-refractivity contribution in [2.75, 3.05) is 11.6 Å². The summed E-state index contributed by atoms with van der Waals surface area (Å²) < 4.78 is 24.5. The van der Waals surface area contributed by atoms with Crippen molar-refractivity contribution in [3.63, 3.8) is 0 Å². The van der Waals surface area contributed by atoms with Gasteiger partial charge in [0.1, 0.15) is 0 Å². The smallest absolute Gasteiger partial charge is 0.175 e. The van der Waals surface area contributed by atoms with Crippen molar-refractivity contribution in [3.05, 3.63) is 42.2 Å². The number of rotatable bonds is 4. The number of nitrogens with one attached hydrogen (secondary N) is 1. The minimum absolute atomic E-state index is 0.0813. The summed E-state index contributed by atoms with van der Waals surface area (Å²) in [6, 6.07) is 6.99. The number of nitrogens with zero attached hydrogens (tertiary/aromatic N) is 2. The zero-order valence-electron chi connectivity index (χ0n) is 11.2. The Kier molecular flexibility index (Phi) is 3.61. The van der Waals surface area contributed by atoms with Gasteiger partial charge in [-0.25, -0.2) is 8.42 Å². The summed E-state index contributed by atoms with van der Waals surface area (Å²) in [7, 11) is -1.28. The van der Waals surface area contributed by atoms with Gasteiger partial charge in [0.15, 0.2) is 9.84 Å². The van der Waals surface area contributed by atoms with Gasteiger partial charge in [0.2, 0.25) is 0 Å². The molecule has 0 aliphatic heterocycles. The first-order chi connectivity index (χ1) is 8.86. The SMILES string of the molecule is CC(Nc1cnn(C)c1)c1ccc(S(C)(=O)=O)cc1. The van der Waals surface area contributed by atoms with E-state index in [1.54, 1.807) is 23.0 Å². The van der Waals surface area contributed by atoms with Crippen LogP contribution >= 0.6 is 0 Å². The van der Waals surface area contributed by atoms with Crippen molar-refractivity contribution in [1.29, 1.82) is 0 Å². The van der Waals surface area contributed by atoms with Gasteiger partial charge in [0.05, 0.1) is 16.8 Å². The lowest BCUT2D eigenvalue weighted by molar-refractivity contribution is 0.602. The van der Waals surface area contributed by atoms with Crippen LogP contribution in [0.15, 0.2) is 41.6 Å². The molecule has 0 spiro atoms. The van der Waals surface area contributed by atoms with Gasteiger partial charge < -0.3 is 5.32 Å². The third-order valence-electron chi connectivity index (χ3n) is 2.90. The average Bonchev–Trinajstić information content (AvgIpc) is 2.74. The topological polar surface area (TPSA) is 64.0 Å². The van der Waals surface area contributed by atoms with Crippen LogP contribution < -0.4 is 5.32 Å². The lowest BCUT2D eigenvalue weighted by Crippen LogP contribution is -2.06. The fourth-order valence-electron chi connectivity index (χ4n) is 1.83. The molecule has 102 valence electrons. The van der Waals surface area contributed by atoms with Gasteiger partial charge >= 0.3 is 0 Å². The minimum atomic E-state index is -3.13. The molecule has 1 unspecified atom stereocenters. The van der Waals surface area contributed by atoms with E-state index in [2.05, 4.69) is 10.4 Å². The molecule has 0 fully saturated rings. The van der Waals surface area contributed by atoms with Gasteiger partial charge in [0, 0.05) is 25.5 Å². The molecule has 1 aromatic heterocycles. The maximum Gasteiger partial charge on any atom is 0.175 e. The van der Waals surface area contributed by atoms with Crippen molar-refractivity contribution in [2.45, 2.75) is 17.9 Å². The first-order valence-corrected chi connectivity index (χ1v) is 7.80. The van der Waals surface area contributed by atoms with E-state index >= 15 is 0 Å². The summed E-state index contributed by atoms with van der Waals surface area (Å²) in [5, 5.41) is 7.39. The Bertz CT molecular complexity index is 659. The number of hydrogen-bond acceptors (Lipinski definition) is 4. The second-order valence-electron chi connectivity index (χ2n) is 4.61. The number of benzene rings is 1. The van der Waals surface area contributed by atoms with E-state index in [0.29, 0.717) is 4.90 Å². The summed E-state index contributed by atoms with van der Waals surface area (Å²) in [5.74, 6) is 0. The molecule has 0 saturated carbocycles. The van der Waals surface area contributed by atoms with E-state index in [4.69, 9.17) is 0 Å². The van der Waals surface area contributed by atoms with Crippen LogP contribution in [0.5, 0.6) is 0 Å². The highest BCUT2D eigenvalue weighted by molar-refractivity contribution is 7.90. The van der Waals surface area contributed by atoms with Crippen LogP contribution in [0.3, 0.4) is 0 Å². The second kappa shape index (κ2) is 5.05. The largest absolute Gasteiger partial charge is 0.376 e. The van der Waals surface area contributed by atoms with E-state index < -0.39 is 9.84 Å². The maximum absolute atomic E-state index is 11.4. The molecule has 0 bridgehead atoms. The van der Waals surface area contributed by atoms with E-state index in [-0.39, 0.29) is 6.04 Å². The number of hydrogen-bond donors (Lipinski definition) is 1. The minimum Gasteiger partial charge on any atom is -0.376 e. The predicted molar refractivity (Wildman–Crippen MR) is 74.8 cm³/mol. The molecule has 1 N–H and O–H groups in total. The lowest BCUT2D eigenvalue weighted by Gasteiger charge is -2.14. The quantitative estimate of drug-likeness (QED) is 0.929. The maximum atomic E-state index is 11.4. The number of aromatic nitrogens is 2. The van der Waals surface area contributed by atoms with Gasteiger partial charge in [-0.15, -0.1) is 0 Å². The monoisotopic (exact) mass is 279 g/mol. The Morgan fingerprint density at radius 2 is 1.89 bits per heavy atom. The van der Waals surface area contributed by atoms with Crippen LogP contribution in [0.4, 0.5) is 5.69 Å². The molecule has 2 rings (SSSR count). The summed E-state index contributed by atoms with van der Waals surface area (Å²) in [6.45, 7) is 2.02. The van der Waals surface area contributed by atoms with Gasteiger partial charge in [0.25, 0.3) is 0 Å². The van der Waals surface area contributed by atoms with Crippen molar-refractivity contribution < 1.29 is 8.42 Å². The lowest BCUT2D eigenvalue weighted by atomic mass is 10.1. The van der Waals surface area contributed by atoms with Gasteiger partial charge in [-0.2, -0.15) is 5.10 Å². The highest BCUT2D eigenvalue weighted by Gasteiger charge is 2.10. The molecule has 1 aromatic carbocycles. The Balaban J connectivity index is 2.14. The molecular weight excluding hydrogens is 262 g/mol. The van der Waals surface area contributed by atoms with Crippen LogP contribution in [0.25, 0.3) is 0 Å². The average molecular weight is 279 g/mol. The standard InChI is InChI=1S/C13H17N3O2S/c1-10(15-12-8-14-16(2)9-12)11-4-6-13(7-5-11)19(3,17)18/h4-10,15H,1-3H3. The third-order valence-corrected chi connectivity index (χ3v) is 4.02. The number of sulfone groups is 1. The summed E-state index contributed by atoms with van der Waals surface area (Å²) in [6.07, 6.45) is 4.85. The molecule has 1 atom stereocenters. The molecule has 2 aromatic rings. The van der Waals surface area contributed by atoms with Gasteiger partial charge in [-0.3, -0.25) is 4.68 Å². The van der Waals surface area contributed by atoms with E-state index in [1.165, 1.54) is 6.26 Å². The normalized spacial score (nSPS) is 13.2. The van der Waals surface area contributed by atoms with Gasteiger partial charge in [-0.05, 0) is 24.6 Å². The summed E-state index contributed by atoms with van der Waals surface area (Å²) >= 11 is 0. The van der Waals surface area contributed by atoms with Gasteiger partial charge in [-0.1, -0.05) is 12.1 Å². The Labute approximate surface area is 113 Å². The molecule has 0 aliphatic carbocycles. The molecule has 1 heterocycles. The zero-order chi connectivity index (χ0) is 14.0. The second-order valence-corrected chi connectivity index (χ2v) is 6.63. The summed E-state index contributed by atoms with van der Waals surface area (Å²) in [4.78, 5) is 0.338. The first kappa shape index (κ1) is 13.6. The van der Waals surface area contributed by atoms with Crippen LogP contribution in [0.2, 0.25) is 0 Å². The van der Waals surface area contributed by atoms with Crippen molar-refractivity contribution >= 4 is 15.5 Å². The number of anilines is 1. The molecule has 5 nitrogen and oxygen atoms in total. The van der Waals surface area contributed by atoms with E-state index in [1.807, 2.05) is 32.3 Å². The van der Waals surface area contributed by atoms with Crippen LogP contribution in [0, 0.1) is 0 Å². The molecule has 6 heteroatoms. The van der Waals surface area contributed by atoms with Crippen LogP contribution in [-0.4, -0.2) is 24.5 Å². The highest BCUT2D eigenvalue weighted by Crippen LogP contribution is 2.20. The molecule has 0 radical (unpaired) electrons. The van der Waals surface area contributed by atoms with Crippen LogP contribution in [-0.2, 0) is 16.9 Å². The molecular formula is C13H17N3O2S. The highest BCUT2D eigenvalue weighted by atomic mass is 32.2. The fourth-order valence-corrected chi connectivity index (χ4v) is 2.46. The van der Waals surface area contributed by atoms with E-state index in [9.17, 15) is 8.42 Å². The summed E-state index contributed by atoms with van der Waals surface area (Å²) in [5.41, 5.74) is 1.96. The molecule has 0 aliphatic rings. The molecule has 0 saturated heterocycles. The van der Waals surface area contributed by atoms with Crippen molar-refractivity contribution in [2.24, 2.45) is 7.05 Å². The fraction of sp³-hybridized carbons (Fsp3) is 0.308. The zero-order valence-corrected chi connectivity index (χ0v) is 12.0. The Morgan fingerprint density at radius 1 is 1.26 bits per heavy atom. The Morgan fingerprint density at radius 3 is 2.37 bits per heavy atom. The third kappa shape index (κ3) is 3.35. The predicted octanol–water partition coefficient (Wildman–Crippen LogP) is 2.00. The van der Waals surface area contributed by atoms with E-state index in [0.717, 1.165) is 11.3 Å². The van der Waals surface area contributed by atoms with Crippen molar-refractivity contribution in [3.8, 4) is 0 Å². The molecule has 19 heavy (non-hydrogen) atoms. The Hall–Kier alpha value is -1.82.